The Bertz CT molecular complexity index is 1390. The first kappa shape index (κ1) is 22.2. The third-order valence-electron chi connectivity index (χ3n) is 5.94. The number of halogens is 1. The average Bonchev–Trinajstić information content (AvgIpc) is 3.24. The van der Waals surface area contributed by atoms with Crippen molar-refractivity contribution in [2.24, 2.45) is 0 Å². The highest BCUT2D eigenvalue weighted by molar-refractivity contribution is 6.36. The van der Waals surface area contributed by atoms with Gasteiger partial charge in [-0.2, -0.15) is 0 Å². The second-order valence-electron chi connectivity index (χ2n) is 8.55. The second-order valence-corrected chi connectivity index (χ2v) is 8.96. The molecule has 2 aromatic heterocycles. The van der Waals surface area contributed by atoms with Gasteiger partial charge in [0.1, 0.15) is 18.0 Å². The Labute approximate surface area is 203 Å². The number of nitrogens with zero attached hydrogens (tertiary/aromatic N) is 3. The number of pyridine rings is 1. The van der Waals surface area contributed by atoms with Crippen LogP contribution in [0, 0.1) is 0 Å². The molecule has 0 bridgehead atoms. The molecule has 34 heavy (non-hydrogen) atoms. The van der Waals surface area contributed by atoms with Gasteiger partial charge in [0.05, 0.1) is 22.9 Å². The molecule has 1 aliphatic rings. The summed E-state index contributed by atoms with van der Waals surface area (Å²) in [5.41, 5.74) is 6.46. The van der Waals surface area contributed by atoms with Crippen LogP contribution in [0.5, 0.6) is 5.75 Å². The van der Waals surface area contributed by atoms with Crippen LogP contribution in [0.15, 0.2) is 67.4 Å². The number of carbonyl (C=O) groups is 1. The van der Waals surface area contributed by atoms with Crippen LogP contribution in [0.1, 0.15) is 5.56 Å². The number of anilines is 1. The SMILES string of the molecule is C=CC(=O)N1CCOc2ccc(-c3c(-c4ccc(CN(C)C)cc4)[nH]c4nccc(Cl)c34)cc21. The lowest BCUT2D eigenvalue weighted by Crippen LogP contribution is -2.36. The van der Waals surface area contributed by atoms with Crippen LogP contribution in [-0.2, 0) is 11.3 Å². The largest absolute Gasteiger partial charge is 0.490 e. The highest BCUT2D eigenvalue weighted by atomic mass is 35.5. The Morgan fingerprint density at radius 1 is 1.21 bits per heavy atom. The molecule has 0 aliphatic carbocycles. The summed E-state index contributed by atoms with van der Waals surface area (Å²) in [6.07, 6.45) is 3.02. The first-order chi connectivity index (χ1) is 16.5. The van der Waals surface area contributed by atoms with Gasteiger partial charge in [-0.15, -0.1) is 0 Å². The number of fused-ring (bicyclic) bond motifs is 2. The summed E-state index contributed by atoms with van der Waals surface area (Å²) in [5, 5.41) is 1.45. The normalized spacial score (nSPS) is 13.1. The van der Waals surface area contributed by atoms with Crippen molar-refractivity contribution in [2.45, 2.75) is 6.54 Å². The van der Waals surface area contributed by atoms with Crippen LogP contribution in [-0.4, -0.2) is 48.0 Å². The number of aromatic amines is 1. The smallest absolute Gasteiger partial charge is 0.250 e. The molecule has 0 saturated heterocycles. The number of ether oxygens (including phenoxy) is 1. The Kier molecular flexibility index (Phi) is 5.86. The lowest BCUT2D eigenvalue weighted by molar-refractivity contribution is -0.114. The molecule has 1 N–H and O–H groups in total. The molecule has 2 aromatic carbocycles. The van der Waals surface area contributed by atoms with E-state index in [0.29, 0.717) is 29.6 Å². The van der Waals surface area contributed by atoms with Crippen molar-refractivity contribution in [3.8, 4) is 28.1 Å². The van der Waals surface area contributed by atoms with E-state index in [0.717, 1.165) is 40.0 Å². The highest BCUT2D eigenvalue weighted by Crippen LogP contribution is 2.44. The molecule has 6 nitrogen and oxygen atoms in total. The average molecular weight is 473 g/mol. The van der Waals surface area contributed by atoms with Crippen molar-refractivity contribution in [1.29, 1.82) is 0 Å². The van der Waals surface area contributed by atoms with Crippen LogP contribution in [0.3, 0.4) is 0 Å². The molecule has 5 rings (SSSR count). The molecule has 0 spiro atoms. The summed E-state index contributed by atoms with van der Waals surface area (Å²) in [7, 11) is 4.11. The fraction of sp³-hybridized carbons (Fsp3) is 0.185. The molecule has 172 valence electrons. The maximum Gasteiger partial charge on any atom is 0.250 e. The van der Waals surface area contributed by atoms with Gasteiger partial charge in [0.25, 0.3) is 5.91 Å². The molecule has 1 amide bonds. The molecule has 3 heterocycles. The van der Waals surface area contributed by atoms with Gasteiger partial charge in [0.15, 0.2) is 0 Å². The first-order valence-corrected chi connectivity index (χ1v) is 11.5. The molecule has 7 heteroatoms. The van der Waals surface area contributed by atoms with Crippen molar-refractivity contribution in [1.82, 2.24) is 14.9 Å². The number of nitrogens with one attached hydrogen (secondary N) is 1. The molecule has 0 fully saturated rings. The van der Waals surface area contributed by atoms with Gasteiger partial charge in [0, 0.05) is 23.7 Å². The lowest BCUT2D eigenvalue weighted by atomic mass is 9.97. The van der Waals surface area contributed by atoms with Gasteiger partial charge in [-0.1, -0.05) is 48.5 Å². The summed E-state index contributed by atoms with van der Waals surface area (Å²) in [4.78, 5) is 24.3. The number of hydrogen-bond acceptors (Lipinski definition) is 4. The number of H-pyrrole nitrogens is 1. The number of benzene rings is 2. The molecular weight excluding hydrogens is 448 g/mol. The van der Waals surface area contributed by atoms with Crippen LogP contribution in [0.2, 0.25) is 5.02 Å². The fourth-order valence-corrected chi connectivity index (χ4v) is 4.68. The Balaban J connectivity index is 1.70. The molecule has 0 unspecified atom stereocenters. The monoisotopic (exact) mass is 472 g/mol. The molecular formula is C27H25ClN4O2. The second kappa shape index (κ2) is 8.97. The minimum Gasteiger partial charge on any atom is -0.490 e. The number of aromatic nitrogens is 2. The zero-order valence-corrected chi connectivity index (χ0v) is 19.9. The molecule has 4 aromatic rings. The number of amides is 1. The quantitative estimate of drug-likeness (QED) is 0.388. The van der Waals surface area contributed by atoms with E-state index in [4.69, 9.17) is 16.3 Å². The van der Waals surface area contributed by atoms with E-state index in [-0.39, 0.29) is 5.91 Å². The predicted molar refractivity (Wildman–Crippen MR) is 137 cm³/mol. The standard InChI is InChI=1S/C27H25ClN4O2/c1-4-23(33)32-13-14-34-22-10-9-19(15-21(22)32)24-25-20(28)11-12-29-27(25)30-26(24)18-7-5-17(6-8-18)16-31(2)3/h4-12,15H,1,13-14,16H2,2-3H3,(H,29,30). The van der Waals surface area contributed by atoms with Crippen LogP contribution < -0.4 is 9.64 Å². The van der Waals surface area contributed by atoms with Gasteiger partial charge in [-0.25, -0.2) is 4.98 Å². The van der Waals surface area contributed by atoms with E-state index >= 15 is 0 Å². The molecule has 1 aliphatic heterocycles. The highest BCUT2D eigenvalue weighted by Gasteiger charge is 2.25. The summed E-state index contributed by atoms with van der Waals surface area (Å²) in [5.74, 6) is 0.515. The third kappa shape index (κ3) is 3.95. The minimum absolute atomic E-state index is 0.156. The molecule has 0 atom stereocenters. The number of rotatable bonds is 5. The van der Waals surface area contributed by atoms with Gasteiger partial charge in [0.2, 0.25) is 0 Å². The summed E-state index contributed by atoms with van der Waals surface area (Å²) < 4.78 is 5.81. The maximum atomic E-state index is 12.5. The zero-order chi connectivity index (χ0) is 23.8. The minimum atomic E-state index is -0.156. The van der Waals surface area contributed by atoms with Gasteiger partial charge >= 0.3 is 0 Å². The molecule has 0 radical (unpaired) electrons. The van der Waals surface area contributed by atoms with Crippen LogP contribution in [0.25, 0.3) is 33.4 Å². The predicted octanol–water partition coefficient (Wildman–Crippen LogP) is 5.52. The van der Waals surface area contributed by atoms with Crippen molar-refractivity contribution in [3.05, 3.63) is 78.0 Å². The van der Waals surface area contributed by atoms with Gasteiger partial charge < -0.3 is 19.5 Å². The zero-order valence-electron chi connectivity index (χ0n) is 19.1. The van der Waals surface area contributed by atoms with Gasteiger partial charge in [-0.3, -0.25) is 4.79 Å². The fourth-order valence-electron chi connectivity index (χ4n) is 4.44. The van der Waals surface area contributed by atoms with Crippen molar-refractivity contribution in [3.63, 3.8) is 0 Å². The third-order valence-corrected chi connectivity index (χ3v) is 6.25. The number of carbonyl (C=O) groups excluding carboxylic acids is 1. The van der Waals surface area contributed by atoms with E-state index in [1.165, 1.54) is 11.6 Å². The number of hydrogen-bond donors (Lipinski definition) is 1. The van der Waals surface area contributed by atoms with E-state index in [9.17, 15) is 4.79 Å². The maximum absolute atomic E-state index is 12.5. The van der Waals surface area contributed by atoms with E-state index in [1.807, 2.05) is 18.2 Å². The van der Waals surface area contributed by atoms with Crippen molar-refractivity contribution in [2.75, 3.05) is 32.1 Å². The van der Waals surface area contributed by atoms with E-state index in [2.05, 4.69) is 59.8 Å². The Morgan fingerprint density at radius 2 is 1.97 bits per heavy atom. The van der Waals surface area contributed by atoms with Crippen LogP contribution in [0.4, 0.5) is 5.69 Å². The molecule has 0 saturated carbocycles. The topological polar surface area (TPSA) is 61.5 Å². The Morgan fingerprint density at radius 3 is 2.71 bits per heavy atom. The summed E-state index contributed by atoms with van der Waals surface area (Å²) >= 11 is 6.67. The van der Waals surface area contributed by atoms with E-state index < -0.39 is 0 Å². The van der Waals surface area contributed by atoms with Crippen molar-refractivity contribution >= 4 is 34.2 Å². The summed E-state index contributed by atoms with van der Waals surface area (Å²) in [6.45, 7) is 5.43. The van der Waals surface area contributed by atoms with Gasteiger partial charge in [-0.05, 0) is 55.1 Å². The Hall–Kier alpha value is -3.61. The van der Waals surface area contributed by atoms with Crippen molar-refractivity contribution < 1.29 is 9.53 Å². The van der Waals surface area contributed by atoms with E-state index in [1.54, 1.807) is 17.2 Å². The first-order valence-electron chi connectivity index (χ1n) is 11.1. The lowest BCUT2D eigenvalue weighted by Gasteiger charge is -2.29. The van der Waals surface area contributed by atoms with Crippen LogP contribution >= 0.6 is 11.6 Å². The summed E-state index contributed by atoms with van der Waals surface area (Å²) in [6, 6.07) is 16.1.